The maximum atomic E-state index is 5.58. The average molecular weight is 602 g/mol. The summed E-state index contributed by atoms with van der Waals surface area (Å²) in [7, 11) is 6.93. The number of hydrogen-bond donors (Lipinski definition) is 0. The lowest BCUT2D eigenvalue weighted by molar-refractivity contribution is -0.870. The zero-order chi connectivity index (χ0) is 30.4. The van der Waals surface area contributed by atoms with Gasteiger partial charge in [-0.05, 0) is 81.8 Å². The summed E-state index contributed by atoms with van der Waals surface area (Å²) < 4.78 is 9.05. The molecule has 0 N–H and O–H groups in total. The van der Waals surface area contributed by atoms with E-state index in [0.717, 1.165) is 37.1 Å². The number of unbranched alkanes of at least 4 members (excludes halogenated alkanes) is 2. The van der Waals surface area contributed by atoms with Gasteiger partial charge in [0.05, 0.1) is 40.9 Å². The first-order chi connectivity index (χ1) is 20.2. The van der Waals surface area contributed by atoms with Crippen LogP contribution in [0.2, 0.25) is 0 Å². The molecule has 3 heterocycles. The Morgan fingerprint density at radius 1 is 1.07 bits per heavy atom. The van der Waals surface area contributed by atoms with Crippen LogP contribution < -0.4 is 0 Å². The van der Waals surface area contributed by atoms with Gasteiger partial charge in [-0.3, -0.25) is 9.21 Å². The minimum absolute atomic E-state index is 0.609. The molecular weight excluding hydrogens is 536 g/mol. The Morgan fingerprint density at radius 3 is 2.38 bits per heavy atom. The summed E-state index contributed by atoms with van der Waals surface area (Å²) in [6.07, 6.45) is 19.4. The number of allylic oxidation sites excluding steroid dienone is 4. The lowest BCUT2D eigenvalue weighted by Crippen LogP contribution is -2.37. The standard InChI is InChI=1S/C31H54N3O.C5H11NS/c1-7-9-17-32(18-10-11-19-34(4,5)6)31(28-13-14-28)25-33-24-30(22-26(33)3)29(12-8-2)23-27-15-20-35-21-16-27;1-2-6-4-3-5-7-6/h8,12,23,26,30H,2,7,9-11,13-22,24-25H2,1,3-6H3;2-5H2,1H3/q+1;/b29-12+;/t26-,30?;/m0./s1. The summed E-state index contributed by atoms with van der Waals surface area (Å²) in [5.74, 6) is 1.95. The van der Waals surface area contributed by atoms with Crippen molar-refractivity contribution < 1.29 is 9.22 Å². The predicted molar refractivity (Wildman–Crippen MR) is 185 cm³/mol. The van der Waals surface area contributed by atoms with E-state index in [1.807, 2.05) is 18.0 Å². The van der Waals surface area contributed by atoms with Gasteiger partial charge in [-0.15, -0.1) is 0 Å². The fourth-order valence-electron chi connectivity index (χ4n) is 6.36. The van der Waals surface area contributed by atoms with E-state index < -0.39 is 0 Å². The van der Waals surface area contributed by atoms with Crippen LogP contribution in [0.4, 0.5) is 0 Å². The van der Waals surface area contributed by atoms with Crippen LogP contribution in [0.1, 0.15) is 85.0 Å². The molecule has 6 heteroatoms. The second kappa shape index (κ2) is 18.7. The minimum atomic E-state index is 0.609. The second-order valence-corrected chi connectivity index (χ2v) is 15.0. The van der Waals surface area contributed by atoms with Crippen LogP contribution in [0, 0.1) is 5.92 Å². The van der Waals surface area contributed by atoms with Crippen molar-refractivity contribution >= 4 is 11.9 Å². The van der Waals surface area contributed by atoms with Crippen molar-refractivity contribution in [1.29, 1.82) is 0 Å². The first kappa shape index (κ1) is 35.4. The lowest BCUT2D eigenvalue weighted by Gasteiger charge is -2.32. The van der Waals surface area contributed by atoms with Gasteiger partial charge in [0, 0.05) is 56.8 Å². The van der Waals surface area contributed by atoms with E-state index >= 15 is 0 Å². The fourth-order valence-corrected chi connectivity index (χ4v) is 7.32. The average Bonchev–Trinajstić information content (AvgIpc) is 3.53. The van der Waals surface area contributed by atoms with Crippen molar-refractivity contribution in [3.63, 3.8) is 0 Å². The molecule has 2 atom stereocenters. The molecule has 4 aliphatic rings. The third-order valence-electron chi connectivity index (χ3n) is 9.10. The Bertz CT molecular complexity index is 885. The molecule has 42 heavy (non-hydrogen) atoms. The molecule has 4 fully saturated rings. The van der Waals surface area contributed by atoms with Crippen molar-refractivity contribution in [2.24, 2.45) is 5.92 Å². The number of quaternary nitrogens is 1. The summed E-state index contributed by atoms with van der Waals surface area (Å²) in [5.41, 5.74) is 6.44. The molecule has 3 aliphatic heterocycles. The summed E-state index contributed by atoms with van der Waals surface area (Å²) in [5, 5.41) is 0. The number of likely N-dealkylation sites (tertiary alicyclic amines) is 1. The van der Waals surface area contributed by atoms with Gasteiger partial charge in [-0.1, -0.05) is 62.6 Å². The van der Waals surface area contributed by atoms with Gasteiger partial charge >= 0.3 is 0 Å². The zero-order valence-corrected chi connectivity index (χ0v) is 29.2. The van der Waals surface area contributed by atoms with Crippen molar-refractivity contribution in [3.8, 4) is 0 Å². The molecule has 3 saturated heterocycles. The van der Waals surface area contributed by atoms with Crippen molar-refractivity contribution in [3.05, 3.63) is 47.2 Å². The van der Waals surface area contributed by atoms with Gasteiger partial charge in [0.1, 0.15) is 0 Å². The van der Waals surface area contributed by atoms with E-state index in [9.17, 15) is 0 Å². The molecule has 0 amide bonds. The molecule has 0 aromatic carbocycles. The summed E-state index contributed by atoms with van der Waals surface area (Å²) in [4.78, 5) is 5.56. The Hall–Kier alpha value is -1.05. The van der Waals surface area contributed by atoms with Gasteiger partial charge in [0.25, 0.3) is 0 Å². The highest BCUT2D eigenvalue weighted by Crippen LogP contribution is 2.37. The Balaban J connectivity index is 0.000000603. The third kappa shape index (κ3) is 12.9. The lowest BCUT2D eigenvalue weighted by atomic mass is 9.92. The van der Waals surface area contributed by atoms with Crippen LogP contribution >= 0.6 is 11.9 Å². The molecule has 4 rings (SSSR count). The first-order valence-electron chi connectivity index (χ1n) is 17.2. The van der Waals surface area contributed by atoms with Crippen molar-refractivity contribution in [2.45, 2.75) is 91.0 Å². The molecule has 1 unspecified atom stereocenters. The van der Waals surface area contributed by atoms with E-state index in [4.69, 9.17) is 4.74 Å². The quantitative estimate of drug-likeness (QED) is 0.0833. The van der Waals surface area contributed by atoms with Gasteiger partial charge in [0.2, 0.25) is 0 Å². The molecule has 1 saturated carbocycles. The van der Waals surface area contributed by atoms with E-state index in [1.54, 1.807) is 16.8 Å². The maximum absolute atomic E-state index is 5.58. The van der Waals surface area contributed by atoms with Crippen LogP contribution in [0.25, 0.3) is 0 Å². The highest BCUT2D eigenvalue weighted by molar-refractivity contribution is 7.97. The van der Waals surface area contributed by atoms with Gasteiger partial charge < -0.3 is 14.1 Å². The van der Waals surface area contributed by atoms with Crippen LogP contribution in [-0.2, 0) is 4.74 Å². The normalized spacial score (nSPS) is 23.5. The number of rotatable bonds is 15. The molecule has 0 aromatic heterocycles. The second-order valence-electron chi connectivity index (χ2n) is 13.8. The molecule has 0 aromatic rings. The van der Waals surface area contributed by atoms with E-state index in [0.29, 0.717) is 12.0 Å². The number of ether oxygens (including phenoxy) is 1. The van der Waals surface area contributed by atoms with Gasteiger partial charge in [-0.2, -0.15) is 0 Å². The highest BCUT2D eigenvalue weighted by atomic mass is 32.2. The summed E-state index contributed by atoms with van der Waals surface area (Å²) in [6.45, 7) is 21.3. The van der Waals surface area contributed by atoms with Crippen LogP contribution in [0.3, 0.4) is 0 Å². The zero-order valence-electron chi connectivity index (χ0n) is 28.3. The molecular formula is C36H65N4OS+. The SMILES string of the molecule is C=C/C=C(\C=C1CCOCC1)C1C[C@H](C)N(CC(=C2CC2)N(CCCC)CCCC[N+](C)(C)C)C1.CCN1CCCS1. The molecule has 0 spiro atoms. The third-order valence-corrected chi connectivity index (χ3v) is 10.4. The van der Waals surface area contributed by atoms with E-state index in [1.165, 1.54) is 102 Å². The fraction of sp³-hybridized carbons (Fsp3) is 0.778. The van der Waals surface area contributed by atoms with Gasteiger partial charge in [0.15, 0.2) is 0 Å². The Morgan fingerprint density at radius 2 is 1.81 bits per heavy atom. The first-order valence-corrected chi connectivity index (χ1v) is 18.2. The van der Waals surface area contributed by atoms with Crippen molar-refractivity contribution in [1.82, 2.24) is 14.1 Å². The molecule has 5 nitrogen and oxygen atoms in total. The van der Waals surface area contributed by atoms with Gasteiger partial charge in [-0.25, -0.2) is 0 Å². The van der Waals surface area contributed by atoms with Crippen molar-refractivity contribution in [2.75, 3.05) is 85.9 Å². The topological polar surface area (TPSA) is 19.0 Å². The molecule has 0 radical (unpaired) electrons. The minimum Gasteiger partial charge on any atom is -0.381 e. The smallest absolute Gasteiger partial charge is 0.0781 e. The van der Waals surface area contributed by atoms with Crippen LogP contribution in [0.5, 0.6) is 0 Å². The molecule has 0 bridgehead atoms. The molecule has 240 valence electrons. The largest absolute Gasteiger partial charge is 0.381 e. The highest BCUT2D eigenvalue weighted by Gasteiger charge is 2.33. The maximum Gasteiger partial charge on any atom is 0.0781 e. The molecule has 1 aliphatic carbocycles. The Labute approximate surface area is 264 Å². The number of hydrogen-bond acceptors (Lipinski definition) is 5. The Kier molecular flexibility index (Phi) is 15.8. The van der Waals surface area contributed by atoms with E-state index in [-0.39, 0.29) is 0 Å². The van der Waals surface area contributed by atoms with E-state index in [2.05, 4.69) is 74.8 Å². The predicted octanol–water partition coefficient (Wildman–Crippen LogP) is 7.54. The monoisotopic (exact) mass is 601 g/mol. The summed E-state index contributed by atoms with van der Waals surface area (Å²) in [6, 6.07) is 0.627. The van der Waals surface area contributed by atoms with Crippen LogP contribution in [0.15, 0.2) is 47.2 Å². The van der Waals surface area contributed by atoms with Crippen LogP contribution in [-0.4, -0.2) is 111 Å². The summed E-state index contributed by atoms with van der Waals surface area (Å²) >= 11 is 1.98. The number of nitrogens with zero attached hydrogens (tertiary/aromatic N) is 4.